The first kappa shape index (κ1) is 16.4. The molecule has 0 spiro atoms. The highest BCUT2D eigenvalue weighted by atomic mass is 32.1. The van der Waals surface area contributed by atoms with E-state index in [-0.39, 0.29) is 25.0 Å². The van der Waals surface area contributed by atoms with Crippen LogP contribution in [0.2, 0.25) is 0 Å². The van der Waals surface area contributed by atoms with Gasteiger partial charge in [0, 0.05) is 10.9 Å². The maximum Gasteiger partial charge on any atom is 0.226 e. The van der Waals surface area contributed by atoms with E-state index in [9.17, 15) is 9.90 Å². The average Bonchev–Trinajstić information content (AvgIpc) is 3.26. The summed E-state index contributed by atoms with van der Waals surface area (Å²) >= 11 is 1.48. The van der Waals surface area contributed by atoms with E-state index in [2.05, 4.69) is 10.3 Å². The molecule has 2 heterocycles. The van der Waals surface area contributed by atoms with E-state index < -0.39 is 0 Å². The fourth-order valence-corrected chi connectivity index (χ4v) is 3.22. The molecule has 6 heteroatoms. The number of thiazole rings is 1. The monoisotopic (exact) mass is 342 g/mol. The van der Waals surface area contributed by atoms with E-state index >= 15 is 0 Å². The third-order valence-electron chi connectivity index (χ3n) is 3.57. The molecule has 5 nitrogen and oxygen atoms in total. The molecule has 3 aromatic rings. The van der Waals surface area contributed by atoms with Crippen LogP contribution in [0.5, 0.6) is 0 Å². The van der Waals surface area contributed by atoms with Gasteiger partial charge in [-0.1, -0.05) is 30.3 Å². The van der Waals surface area contributed by atoms with Gasteiger partial charge in [-0.05, 0) is 18.1 Å². The quantitative estimate of drug-likeness (QED) is 0.692. The molecule has 0 radical (unpaired) electrons. The van der Waals surface area contributed by atoms with Crippen LogP contribution in [0.3, 0.4) is 0 Å². The van der Waals surface area contributed by atoms with Crippen molar-refractivity contribution in [3.8, 4) is 10.6 Å². The molecule has 2 aromatic heterocycles. The van der Waals surface area contributed by atoms with Crippen LogP contribution in [0.25, 0.3) is 10.6 Å². The summed E-state index contributed by atoms with van der Waals surface area (Å²) < 4.78 is 5.04. The highest BCUT2D eigenvalue weighted by Gasteiger charge is 2.14. The molecular weight excluding hydrogens is 324 g/mol. The lowest BCUT2D eigenvalue weighted by molar-refractivity contribution is -0.121. The number of carbonyl (C=O) groups is 1. The van der Waals surface area contributed by atoms with Crippen LogP contribution in [-0.4, -0.2) is 28.6 Å². The molecular formula is C18H18N2O3S. The van der Waals surface area contributed by atoms with Crippen molar-refractivity contribution in [2.45, 2.75) is 18.9 Å². The second-order valence-corrected chi connectivity index (χ2v) is 6.33. The largest absolute Gasteiger partial charge is 0.472 e. The third-order valence-corrected chi connectivity index (χ3v) is 4.51. The first-order chi connectivity index (χ1) is 11.7. The molecule has 0 saturated carbocycles. The van der Waals surface area contributed by atoms with Crippen molar-refractivity contribution >= 4 is 17.2 Å². The lowest BCUT2D eigenvalue weighted by Gasteiger charge is -2.16. The van der Waals surface area contributed by atoms with Gasteiger partial charge in [0.05, 0.1) is 31.0 Å². The Bertz CT molecular complexity index is 769. The van der Waals surface area contributed by atoms with Gasteiger partial charge in [0.2, 0.25) is 5.91 Å². The number of aliphatic hydroxyl groups excluding tert-OH is 1. The van der Waals surface area contributed by atoms with Crippen LogP contribution >= 0.6 is 11.3 Å². The summed E-state index contributed by atoms with van der Waals surface area (Å²) in [6.07, 6.45) is 4.02. The Hall–Kier alpha value is -2.44. The highest BCUT2D eigenvalue weighted by Crippen LogP contribution is 2.24. The van der Waals surface area contributed by atoms with E-state index in [4.69, 9.17) is 4.42 Å². The predicted molar refractivity (Wildman–Crippen MR) is 92.7 cm³/mol. The zero-order valence-electron chi connectivity index (χ0n) is 13.0. The Morgan fingerprint density at radius 1 is 1.29 bits per heavy atom. The number of carbonyl (C=O) groups excluding carboxylic acids is 1. The topological polar surface area (TPSA) is 75.4 Å². The molecule has 3 rings (SSSR count). The molecule has 0 saturated heterocycles. The number of amides is 1. The van der Waals surface area contributed by atoms with Crippen LogP contribution in [-0.2, 0) is 17.6 Å². The van der Waals surface area contributed by atoms with Crippen molar-refractivity contribution in [1.29, 1.82) is 0 Å². The van der Waals surface area contributed by atoms with Gasteiger partial charge in [0.1, 0.15) is 11.3 Å². The van der Waals surface area contributed by atoms with E-state index in [0.29, 0.717) is 12.1 Å². The zero-order chi connectivity index (χ0) is 16.8. The van der Waals surface area contributed by atoms with E-state index in [0.717, 1.165) is 16.1 Å². The fraction of sp³-hybridized carbons (Fsp3) is 0.222. The summed E-state index contributed by atoms with van der Waals surface area (Å²) in [5.41, 5.74) is 2.70. The maximum absolute atomic E-state index is 12.2. The Balaban J connectivity index is 1.56. The summed E-state index contributed by atoms with van der Waals surface area (Å²) in [6.45, 7) is -0.0992. The average molecular weight is 342 g/mol. The molecule has 0 aliphatic heterocycles. The van der Waals surface area contributed by atoms with Crippen molar-refractivity contribution in [3.63, 3.8) is 0 Å². The minimum absolute atomic E-state index is 0.0992. The number of hydrogen-bond donors (Lipinski definition) is 2. The van der Waals surface area contributed by atoms with Crippen LogP contribution in [0.4, 0.5) is 0 Å². The summed E-state index contributed by atoms with van der Waals surface area (Å²) in [5.74, 6) is -0.144. The van der Waals surface area contributed by atoms with Gasteiger partial charge in [-0.2, -0.15) is 0 Å². The van der Waals surface area contributed by atoms with Gasteiger partial charge in [-0.15, -0.1) is 11.3 Å². The molecule has 1 atom stereocenters. The second-order valence-electron chi connectivity index (χ2n) is 5.47. The molecule has 1 unspecified atom stereocenters. The molecule has 0 fully saturated rings. The predicted octanol–water partition coefficient (Wildman–Crippen LogP) is 2.67. The second kappa shape index (κ2) is 7.90. The Labute approximate surface area is 144 Å². The number of aliphatic hydroxyl groups is 1. The minimum Gasteiger partial charge on any atom is -0.472 e. The van der Waals surface area contributed by atoms with Crippen LogP contribution in [0, 0.1) is 0 Å². The standard InChI is InChI=1S/C18H18N2O3S/c21-10-15(8-13-4-2-1-3-5-13)19-17(22)9-16-12-24-18(20-16)14-6-7-23-11-14/h1-7,11-12,15,21H,8-10H2,(H,19,22). The molecule has 1 aromatic carbocycles. The number of hydrogen-bond acceptors (Lipinski definition) is 5. The number of benzene rings is 1. The molecule has 0 aliphatic carbocycles. The first-order valence-corrected chi connectivity index (χ1v) is 8.53. The van der Waals surface area contributed by atoms with Gasteiger partial charge >= 0.3 is 0 Å². The number of nitrogens with one attached hydrogen (secondary N) is 1. The Morgan fingerprint density at radius 2 is 2.12 bits per heavy atom. The van der Waals surface area contributed by atoms with Gasteiger partial charge in [0.15, 0.2) is 0 Å². The van der Waals surface area contributed by atoms with Crippen molar-refractivity contribution < 1.29 is 14.3 Å². The van der Waals surface area contributed by atoms with Crippen LogP contribution in [0.1, 0.15) is 11.3 Å². The van der Waals surface area contributed by atoms with Crippen molar-refractivity contribution in [3.05, 3.63) is 65.6 Å². The molecule has 1 amide bonds. The van der Waals surface area contributed by atoms with Gasteiger partial charge in [-0.25, -0.2) is 4.98 Å². The summed E-state index contributed by atoms with van der Waals surface area (Å²) in [6, 6.07) is 11.3. The number of rotatable bonds is 7. The maximum atomic E-state index is 12.2. The SMILES string of the molecule is O=C(Cc1csc(-c2ccoc2)n1)NC(CO)Cc1ccccc1. The van der Waals surface area contributed by atoms with E-state index in [1.54, 1.807) is 12.5 Å². The van der Waals surface area contributed by atoms with Gasteiger partial charge in [0.25, 0.3) is 0 Å². The fourth-order valence-electron chi connectivity index (χ4n) is 2.41. The number of nitrogens with zero attached hydrogens (tertiary/aromatic N) is 1. The normalized spacial score (nSPS) is 12.0. The number of aromatic nitrogens is 1. The third kappa shape index (κ3) is 4.31. The Kier molecular flexibility index (Phi) is 5.40. The lowest BCUT2D eigenvalue weighted by atomic mass is 10.1. The van der Waals surface area contributed by atoms with E-state index in [1.165, 1.54) is 11.3 Å². The molecule has 2 N–H and O–H groups in total. The molecule has 0 bridgehead atoms. The van der Waals surface area contributed by atoms with Crippen molar-refractivity contribution in [1.82, 2.24) is 10.3 Å². The van der Waals surface area contributed by atoms with Crippen LogP contribution in [0.15, 0.2) is 58.7 Å². The van der Waals surface area contributed by atoms with Gasteiger partial charge in [-0.3, -0.25) is 4.79 Å². The lowest BCUT2D eigenvalue weighted by Crippen LogP contribution is -2.39. The van der Waals surface area contributed by atoms with Crippen molar-refractivity contribution in [2.75, 3.05) is 6.61 Å². The molecule has 24 heavy (non-hydrogen) atoms. The Morgan fingerprint density at radius 3 is 2.83 bits per heavy atom. The minimum atomic E-state index is -0.299. The first-order valence-electron chi connectivity index (χ1n) is 7.65. The van der Waals surface area contributed by atoms with Crippen LogP contribution < -0.4 is 5.32 Å². The zero-order valence-corrected chi connectivity index (χ0v) is 13.8. The van der Waals surface area contributed by atoms with E-state index in [1.807, 2.05) is 41.8 Å². The summed E-state index contributed by atoms with van der Waals surface area (Å²) in [4.78, 5) is 16.6. The molecule has 0 aliphatic rings. The summed E-state index contributed by atoms with van der Waals surface area (Å²) in [7, 11) is 0. The smallest absolute Gasteiger partial charge is 0.226 e. The summed E-state index contributed by atoms with van der Waals surface area (Å²) in [5, 5.41) is 15.1. The van der Waals surface area contributed by atoms with Crippen molar-refractivity contribution in [2.24, 2.45) is 0 Å². The molecule has 124 valence electrons. The highest BCUT2D eigenvalue weighted by molar-refractivity contribution is 7.13. The van der Waals surface area contributed by atoms with Gasteiger partial charge < -0.3 is 14.8 Å². The number of furan rings is 1.